The van der Waals surface area contributed by atoms with Gasteiger partial charge in [-0.3, -0.25) is 4.79 Å². The lowest BCUT2D eigenvalue weighted by molar-refractivity contribution is 0.0926. The van der Waals surface area contributed by atoms with E-state index >= 15 is 0 Å². The summed E-state index contributed by atoms with van der Waals surface area (Å²) < 4.78 is 0. The van der Waals surface area contributed by atoms with Gasteiger partial charge in [0.2, 0.25) is 0 Å². The van der Waals surface area contributed by atoms with Crippen molar-refractivity contribution >= 4 is 29.1 Å². The van der Waals surface area contributed by atoms with Gasteiger partial charge in [0.05, 0.1) is 10.6 Å². The predicted molar refractivity (Wildman–Crippen MR) is 71.0 cm³/mol. The van der Waals surface area contributed by atoms with E-state index in [1.54, 1.807) is 0 Å². The van der Waals surface area contributed by atoms with Crippen LogP contribution < -0.4 is 5.32 Å². The fraction of sp³-hybridized carbons (Fsp3) is 0.538. The average molecular weight is 285 g/mol. The Morgan fingerprint density at radius 3 is 2.44 bits per heavy atom. The number of amides is 1. The average Bonchev–Trinajstić information content (AvgIpc) is 3.21. The summed E-state index contributed by atoms with van der Waals surface area (Å²) in [4.78, 5) is 16.1. The maximum absolute atomic E-state index is 12.2. The molecule has 1 heterocycles. The van der Waals surface area contributed by atoms with E-state index < -0.39 is 0 Å². The maximum atomic E-state index is 12.2. The molecule has 0 unspecified atom stereocenters. The van der Waals surface area contributed by atoms with Gasteiger partial charge < -0.3 is 5.32 Å². The molecule has 0 radical (unpaired) electrons. The molecule has 0 bridgehead atoms. The van der Waals surface area contributed by atoms with Crippen molar-refractivity contribution < 1.29 is 4.79 Å². The Bertz CT molecular complexity index is 472. The van der Waals surface area contributed by atoms with Crippen LogP contribution in [0.1, 0.15) is 36.0 Å². The van der Waals surface area contributed by atoms with Crippen LogP contribution in [-0.4, -0.2) is 16.9 Å². The van der Waals surface area contributed by atoms with E-state index in [1.807, 2.05) is 0 Å². The number of carbonyl (C=O) groups is 1. The van der Waals surface area contributed by atoms with Crippen LogP contribution in [0.25, 0.3) is 0 Å². The van der Waals surface area contributed by atoms with E-state index in [9.17, 15) is 4.79 Å². The molecule has 2 saturated carbocycles. The summed E-state index contributed by atoms with van der Waals surface area (Å²) >= 11 is 11.8. The van der Waals surface area contributed by atoms with Gasteiger partial charge in [-0.25, -0.2) is 4.98 Å². The van der Waals surface area contributed by atoms with Gasteiger partial charge in [0.1, 0.15) is 5.15 Å². The summed E-state index contributed by atoms with van der Waals surface area (Å²) in [6, 6.07) is 1.84. The Morgan fingerprint density at radius 2 is 1.89 bits per heavy atom. The minimum Gasteiger partial charge on any atom is -0.349 e. The molecule has 3 rings (SSSR count). The second-order valence-electron chi connectivity index (χ2n) is 5.16. The van der Waals surface area contributed by atoms with Crippen molar-refractivity contribution in [2.24, 2.45) is 11.8 Å². The van der Waals surface area contributed by atoms with E-state index in [2.05, 4.69) is 10.3 Å². The van der Waals surface area contributed by atoms with Gasteiger partial charge in [-0.2, -0.15) is 0 Å². The molecule has 0 aromatic carbocycles. The Balaban J connectivity index is 1.75. The molecule has 0 aliphatic heterocycles. The lowest BCUT2D eigenvalue weighted by Gasteiger charge is -2.18. The van der Waals surface area contributed by atoms with E-state index in [-0.39, 0.29) is 5.91 Å². The number of nitrogens with zero attached hydrogens (tertiary/aromatic N) is 1. The van der Waals surface area contributed by atoms with Crippen LogP contribution in [0.15, 0.2) is 12.3 Å². The Kier molecular flexibility index (Phi) is 3.20. The molecule has 0 spiro atoms. The molecule has 2 aliphatic rings. The molecule has 1 amide bonds. The molecule has 0 saturated heterocycles. The number of aromatic nitrogens is 1. The minimum atomic E-state index is -0.131. The van der Waals surface area contributed by atoms with E-state index in [0.29, 0.717) is 33.6 Å². The zero-order valence-corrected chi connectivity index (χ0v) is 11.3. The van der Waals surface area contributed by atoms with Crippen molar-refractivity contribution in [2.75, 3.05) is 0 Å². The molecule has 96 valence electrons. The number of rotatable bonds is 4. The highest BCUT2D eigenvalue weighted by Crippen LogP contribution is 2.44. The van der Waals surface area contributed by atoms with Crippen LogP contribution in [0.4, 0.5) is 0 Å². The Morgan fingerprint density at radius 1 is 1.28 bits per heavy atom. The van der Waals surface area contributed by atoms with Gasteiger partial charge in [0.15, 0.2) is 0 Å². The smallest absolute Gasteiger partial charge is 0.253 e. The summed E-state index contributed by atoms with van der Waals surface area (Å²) in [5.74, 6) is 1.20. The van der Waals surface area contributed by atoms with Crippen LogP contribution in [0, 0.1) is 11.8 Å². The second-order valence-corrected chi connectivity index (χ2v) is 5.96. The lowest BCUT2D eigenvalue weighted by Crippen LogP contribution is -2.38. The highest BCUT2D eigenvalue weighted by molar-refractivity contribution is 6.35. The topological polar surface area (TPSA) is 42.0 Å². The van der Waals surface area contributed by atoms with Crippen molar-refractivity contribution in [3.63, 3.8) is 0 Å². The number of hydrogen-bond acceptors (Lipinski definition) is 2. The largest absolute Gasteiger partial charge is 0.349 e. The van der Waals surface area contributed by atoms with Crippen LogP contribution >= 0.6 is 23.2 Å². The summed E-state index contributed by atoms with van der Waals surface area (Å²) in [6.07, 6.45) is 6.33. The Labute approximate surface area is 116 Å². The molecule has 5 heteroatoms. The van der Waals surface area contributed by atoms with Crippen molar-refractivity contribution in [3.8, 4) is 0 Å². The third kappa shape index (κ3) is 2.62. The highest BCUT2D eigenvalue weighted by atomic mass is 35.5. The fourth-order valence-electron chi connectivity index (χ4n) is 2.35. The van der Waals surface area contributed by atoms with Gasteiger partial charge >= 0.3 is 0 Å². The number of halogens is 2. The molecule has 2 fully saturated rings. The van der Waals surface area contributed by atoms with Crippen LogP contribution in [0.5, 0.6) is 0 Å². The SMILES string of the molecule is O=C(NC(C1CC1)C1CC1)c1cc(Cl)ncc1Cl. The van der Waals surface area contributed by atoms with E-state index in [1.165, 1.54) is 37.9 Å². The van der Waals surface area contributed by atoms with Crippen molar-refractivity contribution in [1.29, 1.82) is 0 Å². The second kappa shape index (κ2) is 4.71. The van der Waals surface area contributed by atoms with Crippen molar-refractivity contribution in [3.05, 3.63) is 28.0 Å². The molecule has 1 aromatic heterocycles. The van der Waals surface area contributed by atoms with Crippen LogP contribution in [0.3, 0.4) is 0 Å². The standard InChI is InChI=1S/C13H14Cl2N2O/c14-10-6-16-11(15)5-9(10)13(18)17-12(7-1-2-7)8-3-4-8/h5-8,12H,1-4H2,(H,17,18). The summed E-state index contributed by atoms with van der Waals surface area (Å²) in [5, 5.41) is 3.76. The predicted octanol–water partition coefficient (Wildman–Crippen LogP) is 3.31. The number of nitrogens with one attached hydrogen (secondary N) is 1. The van der Waals surface area contributed by atoms with Crippen LogP contribution in [0.2, 0.25) is 10.2 Å². The zero-order chi connectivity index (χ0) is 12.7. The lowest BCUT2D eigenvalue weighted by atomic mass is 10.1. The summed E-state index contributed by atoms with van der Waals surface area (Å²) in [7, 11) is 0. The molecule has 18 heavy (non-hydrogen) atoms. The van der Waals surface area contributed by atoms with Gasteiger partial charge in [-0.1, -0.05) is 23.2 Å². The quantitative estimate of drug-likeness (QED) is 0.862. The first kappa shape index (κ1) is 12.2. The summed E-state index contributed by atoms with van der Waals surface area (Å²) in [6.45, 7) is 0. The molecule has 0 atom stereocenters. The van der Waals surface area contributed by atoms with Crippen LogP contribution in [-0.2, 0) is 0 Å². The normalized spacial score (nSPS) is 19.1. The minimum absolute atomic E-state index is 0.131. The monoisotopic (exact) mass is 284 g/mol. The third-order valence-electron chi connectivity index (χ3n) is 3.62. The van der Waals surface area contributed by atoms with E-state index in [4.69, 9.17) is 23.2 Å². The van der Waals surface area contributed by atoms with Gasteiger partial charge in [-0.15, -0.1) is 0 Å². The zero-order valence-electron chi connectivity index (χ0n) is 9.83. The molecule has 1 aromatic rings. The highest BCUT2D eigenvalue weighted by Gasteiger charge is 2.42. The summed E-state index contributed by atoms with van der Waals surface area (Å²) in [5.41, 5.74) is 0.419. The molecular weight excluding hydrogens is 271 g/mol. The fourth-order valence-corrected chi connectivity index (χ4v) is 2.69. The van der Waals surface area contributed by atoms with Gasteiger partial charge in [0.25, 0.3) is 5.91 Å². The number of carbonyl (C=O) groups excluding carboxylic acids is 1. The third-order valence-corrected chi connectivity index (χ3v) is 4.13. The van der Waals surface area contributed by atoms with Crippen molar-refractivity contribution in [2.45, 2.75) is 31.7 Å². The first-order chi connectivity index (χ1) is 8.65. The molecule has 1 N–H and O–H groups in total. The maximum Gasteiger partial charge on any atom is 0.253 e. The first-order valence-corrected chi connectivity index (χ1v) is 7.02. The van der Waals surface area contributed by atoms with Gasteiger partial charge in [0, 0.05) is 12.2 Å². The first-order valence-electron chi connectivity index (χ1n) is 6.27. The Hall–Kier alpha value is -0.800. The van der Waals surface area contributed by atoms with Crippen molar-refractivity contribution in [1.82, 2.24) is 10.3 Å². The number of hydrogen-bond donors (Lipinski definition) is 1. The molecular formula is C13H14Cl2N2O. The van der Waals surface area contributed by atoms with E-state index in [0.717, 1.165) is 0 Å². The molecule has 3 nitrogen and oxygen atoms in total. The van der Waals surface area contributed by atoms with Gasteiger partial charge in [-0.05, 0) is 43.6 Å². The molecule has 2 aliphatic carbocycles. The number of pyridine rings is 1.